The number of benzene rings is 2. The number of aromatic nitrogens is 2. The van der Waals surface area contributed by atoms with E-state index < -0.39 is 5.92 Å². The molecule has 2 N–H and O–H groups in total. The van der Waals surface area contributed by atoms with Gasteiger partial charge in [-0.1, -0.05) is 36.4 Å². The van der Waals surface area contributed by atoms with Crippen molar-refractivity contribution in [3.05, 3.63) is 102 Å². The van der Waals surface area contributed by atoms with Crippen molar-refractivity contribution in [2.45, 2.75) is 18.8 Å². The van der Waals surface area contributed by atoms with Gasteiger partial charge in [-0.05, 0) is 53.8 Å². The summed E-state index contributed by atoms with van der Waals surface area (Å²) in [6.07, 6.45) is 6.70. The number of nitrogens with zero attached hydrogens (tertiary/aromatic N) is 1. The number of halogens is 1. The van der Waals surface area contributed by atoms with E-state index in [0.717, 1.165) is 23.1 Å². The summed E-state index contributed by atoms with van der Waals surface area (Å²) in [6, 6.07) is 18.1. The maximum atomic E-state index is 13.4. The van der Waals surface area contributed by atoms with Crippen LogP contribution >= 0.6 is 0 Å². The third kappa shape index (κ3) is 4.51. The topological polar surface area (TPSA) is 57.8 Å². The van der Waals surface area contributed by atoms with Crippen LogP contribution in [0, 0.1) is 5.82 Å². The highest BCUT2D eigenvalue weighted by molar-refractivity contribution is 5.85. The Kier molecular flexibility index (Phi) is 5.66. The number of hydrogen-bond acceptors (Lipinski definition) is 2. The highest BCUT2D eigenvalue weighted by Crippen LogP contribution is 2.22. The van der Waals surface area contributed by atoms with Gasteiger partial charge in [0.25, 0.3) is 0 Å². The molecule has 1 unspecified atom stereocenters. The van der Waals surface area contributed by atoms with Crippen LogP contribution in [0.5, 0.6) is 0 Å². The summed E-state index contributed by atoms with van der Waals surface area (Å²) in [5.74, 6) is -0.781. The van der Waals surface area contributed by atoms with Gasteiger partial charge in [0, 0.05) is 36.0 Å². The van der Waals surface area contributed by atoms with Crippen molar-refractivity contribution in [1.29, 1.82) is 0 Å². The zero-order chi connectivity index (χ0) is 20.1. The maximum absolute atomic E-state index is 13.4. The van der Waals surface area contributed by atoms with Gasteiger partial charge in [-0.25, -0.2) is 4.39 Å². The third-order valence-corrected chi connectivity index (χ3v) is 5.12. The zero-order valence-corrected chi connectivity index (χ0v) is 15.9. The van der Waals surface area contributed by atoms with E-state index >= 15 is 0 Å². The quantitative estimate of drug-likeness (QED) is 0.494. The number of carbonyl (C=O) groups is 1. The molecule has 2 aromatic carbocycles. The van der Waals surface area contributed by atoms with Gasteiger partial charge >= 0.3 is 0 Å². The summed E-state index contributed by atoms with van der Waals surface area (Å²) in [7, 11) is 0. The van der Waals surface area contributed by atoms with Crippen LogP contribution in [0.1, 0.15) is 22.6 Å². The Balaban J connectivity index is 1.46. The van der Waals surface area contributed by atoms with Crippen molar-refractivity contribution >= 4 is 16.8 Å². The Morgan fingerprint density at radius 3 is 2.69 bits per heavy atom. The molecule has 4 rings (SSSR count). The second-order valence-corrected chi connectivity index (χ2v) is 7.07. The molecule has 4 aromatic rings. The smallest absolute Gasteiger partial charge is 0.227 e. The molecular weight excluding hydrogens is 365 g/mol. The van der Waals surface area contributed by atoms with Crippen LogP contribution < -0.4 is 5.32 Å². The molecular formula is C24H22FN3O. The first-order valence-electron chi connectivity index (χ1n) is 9.68. The Morgan fingerprint density at radius 1 is 1.07 bits per heavy atom. The molecule has 0 bridgehead atoms. The van der Waals surface area contributed by atoms with Gasteiger partial charge in [0.1, 0.15) is 5.82 Å². The highest BCUT2D eigenvalue weighted by Gasteiger charge is 2.21. The predicted octanol–water partition coefficient (Wildman–Crippen LogP) is 4.39. The van der Waals surface area contributed by atoms with E-state index in [9.17, 15) is 9.18 Å². The Labute approximate surface area is 168 Å². The number of H-pyrrole nitrogens is 1. The molecule has 0 saturated carbocycles. The lowest BCUT2D eigenvalue weighted by molar-refractivity contribution is -0.122. The van der Waals surface area contributed by atoms with Crippen LogP contribution in [0.15, 0.2) is 79.3 Å². The van der Waals surface area contributed by atoms with Gasteiger partial charge in [-0.15, -0.1) is 0 Å². The normalized spacial score (nSPS) is 12.0. The standard InChI is InChI=1S/C24H22FN3O/c25-20-9-7-18(8-10-20)22(14-17-4-3-12-26-15-17)24(29)27-13-11-19-16-28-23-6-2-1-5-21(19)23/h1-10,12,15-16,22,28H,11,13-14H2,(H,27,29). The van der Waals surface area contributed by atoms with E-state index in [4.69, 9.17) is 0 Å². The molecule has 0 aliphatic carbocycles. The van der Waals surface area contributed by atoms with Crippen molar-refractivity contribution in [2.75, 3.05) is 6.54 Å². The SMILES string of the molecule is O=C(NCCc1c[nH]c2ccccc12)C(Cc1cccnc1)c1ccc(F)cc1. The molecule has 0 radical (unpaired) electrons. The number of para-hydroxylation sites is 1. The van der Waals surface area contributed by atoms with E-state index in [2.05, 4.69) is 21.4 Å². The predicted molar refractivity (Wildman–Crippen MR) is 112 cm³/mol. The van der Waals surface area contributed by atoms with Gasteiger partial charge in [0.2, 0.25) is 5.91 Å². The van der Waals surface area contributed by atoms with E-state index in [1.807, 2.05) is 36.5 Å². The van der Waals surface area contributed by atoms with Gasteiger partial charge in [-0.3, -0.25) is 9.78 Å². The van der Waals surface area contributed by atoms with Gasteiger partial charge in [0.05, 0.1) is 5.92 Å². The number of aromatic amines is 1. The summed E-state index contributed by atoms with van der Waals surface area (Å²) >= 11 is 0. The minimum absolute atomic E-state index is 0.0692. The lowest BCUT2D eigenvalue weighted by atomic mass is 9.91. The zero-order valence-electron chi connectivity index (χ0n) is 15.9. The number of hydrogen-bond donors (Lipinski definition) is 2. The van der Waals surface area contributed by atoms with Crippen molar-refractivity contribution in [3.63, 3.8) is 0 Å². The highest BCUT2D eigenvalue weighted by atomic mass is 19.1. The van der Waals surface area contributed by atoms with Crippen LogP contribution in [0.4, 0.5) is 4.39 Å². The molecule has 4 nitrogen and oxygen atoms in total. The average molecular weight is 387 g/mol. The molecule has 0 spiro atoms. The fourth-order valence-corrected chi connectivity index (χ4v) is 3.59. The van der Waals surface area contributed by atoms with Gasteiger partial charge in [-0.2, -0.15) is 0 Å². The van der Waals surface area contributed by atoms with Crippen LogP contribution in [0.3, 0.4) is 0 Å². The minimum atomic E-state index is -0.400. The van der Waals surface area contributed by atoms with Crippen LogP contribution in [0.2, 0.25) is 0 Å². The summed E-state index contributed by atoms with van der Waals surface area (Å²) in [6.45, 7) is 0.533. The number of pyridine rings is 1. The molecule has 0 fully saturated rings. The van der Waals surface area contributed by atoms with Gasteiger partial charge in [0.15, 0.2) is 0 Å². The lowest BCUT2D eigenvalue weighted by Gasteiger charge is -2.17. The second-order valence-electron chi connectivity index (χ2n) is 7.07. The second kappa shape index (κ2) is 8.69. The number of fused-ring (bicyclic) bond motifs is 1. The number of carbonyl (C=O) groups excluding carboxylic acids is 1. The number of amides is 1. The van der Waals surface area contributed by atoms with Crippen molar-refractivity contribution in [2.24, 2.45) is 0 Å². The first-order valence-corrected chi connectivity index (χ1v) is 9.68. The third-order valence-electron chi connectivity index (χ3n) is 5.12. The van der Waals surface area contributed by atoms with E-state index in [-0.39, 0.29) is 11.7 Å². The molecule has 0 aliphatic rings. The van der Waals surface area contributed by atoms with E-state index in [1.165, 1.54) is 23.1 Å². The molecule has 5 heteroatoms. The van der Waals surface area contributed by atoms with E-state index in [0.29, 0.717) is 13.0 Å². The molecule has 1 amide bonds. The summed E-state index contributed by atoms with van der Waals surface area (Å²) in [4.78, 5) is 20.4. The molecule has 0 saturated heterocycles. The minimum Gasteiger partial charge on any atom is -0.361 e. The molecule has 146 valence electrons. The summed E-state index contributed by atoms with van der Waals surface area (Å²) in [5.41, 5.74) is 4.02. The molecule has 2 heterocycles. The van der Waals surface area contributed by atoms with Crippen LogP contribution in [0.25, 0.3) is 10.9 Å². The average Bonchev–Trinajstić information content (AvgIpc) is 3.17. The van der Waals surface area contributed by atoms with Crippen LogP contribution in [-0.4, -0.2) is 22.4 Å². The summed E-state index contributed by atoms with van der Waals surface area (Å²) in [5, 5.41) is 4.23. The Hall–Kier alpha value is -3.47. The Morgan fingerprint density at radius 2 is 1.90 bits per heavy atom. The van der Waals surface area contributed by atoms with Crippen LogP contribution in [-0.2, 0) is 17.6 Å². The first-order chi connectivity index (χ1) is 14.2. The Bertz CT molecular complexity index is 1090. The number of nitrogens with one attached hydrogen (secondary N) is 2. The monoisotopic (exact) mass is 387 g/mol. The number of rotatable bonds is 7. The molecule has 29 heavy (non-hydrogen) atoms. The fraction of sp³-hybridized carbons (Fsp3) is 0.167. The van der Waals surface area contributed by atoms with E-state index in [1.54, 1.807) is 24.5 Å². The molecule has 2 aromatic heterocycles. The van der Waals surface area contributed by atoms with Crippen molar-refractivity contribution in [3.8, 4) is 0 Å². The molecule has 0 aliphatic heterocycles. The largest absolute Gasteiger partial charge is 0.361 e. The van der Waals surface area contributed by atoms with Crippen molar-refractivity contribution in [1.82, 2.24) is 15.3 Å². The molecule has 1 atom stereocenters. The van der Waals surface area contributed by atoms with Gasteiger partial charge < -0.3 is 10.3 Å². The summed E-state index contributed by atoms with van der Waals surface area (Å²) < 4.78 is 13.4. The lowest BCUT2D eigenvalue weighted by Crippen LogP contribution is -2.32. The maximum Gasteiger partial charge on any atom is 0.227 e. The van der Waals surface area contributed by atoms with Crippen molar-refractivity contribution < 1.29 is 9.18 Å². The first kappa shape index (κ1) is 18.9. The fourth-order valence-electron chi connectivity index (χ4n) is 3.59.